The molecule has 3 heterocycles. The van der Waals surface area contributed by atoms with E-state index >= 15 is 0 Å². The molecular weight excluding hydrogens is 326 g/mol. The lowest BCUT2D eigenvalue weighted by Gasteiger charge is -2.28. The maximum absolute atomic E-state index is 12.3. The summed E-state index contributed by atoms with van der Waals surface area (Å²) in [4.78, 5) is 12.3. The van der Waals surface area contributed by atoms with Crippen LogP contribution < -0.4 is 20.3 Å². The van der Waals surface area contributed by atoms with Crippen molar-refractivity contribution in [3.05, 3.63) is 45.4 Å². The maximum atomic E-state index is 12.3. The Kier molecular flexibility index (Phi) is 3.38. The van der Waals surface area contributed by atoms with Gasteiger partial charge in [-0.05, 0) is 35.5 Å². The summed E-state index contributed by atoms with van der Waals surface area (Å²) in [5.74, 6) is 1.64. The SMILES string of the molecule is COc1ccc(OC)c([C@@H]2c3c(C)n[nH]c(=O)c3Nc3nnnn32)c1. The van der Waals surface area contributed by atoms with E-state index in [4.69, 9.17) is 9.47 Å². The Bertz CT molecular complexity index is 1010. The first-order valence-electron chi connectivity index (χ1n) is 7.50. The smallest absolute Gasteiger partial charge is 0.288 e. The van der Waals surface area contributed by atoms with Crippen LogP contribution in [-0.2, 0) is 0 Å². The number of aryl methyl sites for hydroxylation is 1. The van der Waals surface area contributed by atoms with Crippen LogP contribution in [0.25, 0.3) is 0 Å². The number of rotatable bonds is 3. The highest BCUT2D eigenvalue weighted by Gasteiger charge is 2.34. The van der Waals surface area contributed by atoms with Gasteiger partial charge in [0.25, 0.3) is 5.56 Å². The van der Waals surface area contributed by atoms with Crippen LogP contribution >= 0.6 is 0 Å². The Morgan fingerprint density at radius 1 is 1.24 bits per heavy atom. The summed E-state index contributed by atoms with van der Waals surface area (Å²) >= 11 is 0. The summed E-state index contributed by atoms with van der Waals surface area (Å²) in [6.07, 6.45) is 0. The molecule has 1 aromatic carbocycles. The molecule has 1 aliphatic rings. The second-order valence-corrected chi connectivity index (χ2v) is 5.51. The Balaban J connectivity index is 2.05. The van der Waals surface area contributed by atoms with E-state index in [2.05, 4.69) is 31.0 Å². The number of aromatic amines is 1. The van der Waals surface area contributed by atoms with Gasteiger partial charge in [0.15, 0.2) is 0 Å². The maximum Gasteiger partial charge on any atom is 0.288 e. The van der Waals surface area contributed by atoms with Gasteiger partial charge in [0.05, 0.1) is 19.9 Å². The number of tetrazole rings is 1. The number of fused-ring (bicyclic) bond motifs is 2. The van der Waals surface area contributed by atoms with Crippen molar-refractivity contribution in [2.24, 2.45) is 0 Å². The minimum absolute atomic E-state index is 0.346. The largest absolute Gasteiger partial charge is 0.497 e. The topological polar surface area (TPSA) is 120 Å². The Hall–Kier alpha value is -3.43. The molecule has 0 amide bonds. The second kappa shape index (κ2) is 5.58. The predicted molar refractivity (Wildman–Crippen MR) is 87.5 cm³/mol. The van der Waals surface area contributed by atoms with E-state index < -0.39 is 6.04 Å². The molecule has 0 saturated carbocycles. The van der Waals surface area contributed by atoms with Crippen LogP contribution in [0.15, 0.2) is 23.0 Å². The van der Waals surface area contributed by atoms with E-state index in [1.54, 1.807) is 31.0 Å². The highest BCUT2D eigenvalue weighted by atomic mass is 16.5. The normalized spacial score (nSPS) is 15.1. The predicted octanol–water partition coefficient (Wildman–Crippen LogP) is 0.777. The number of aromatic nitrogens is 6. The number of anilines is 2. The molecule has 10 nitrogen and oxygen atoms in total. The number of nitrogens with zero attached hydrogens (tertiary/aromatic N) is 5. The molecule has 2 aromatic heterocycles. The van der Waals surface area contributed by atoms with Gasteiger partial charge < -0.3 is 14.8 Å². The molecule has 25 heavy (non-hydrogen) atoms. The van der Waals surface area contributed by atoms with Gasteiger partial charge in [-0.3, -0.25) is 4.79 Å². The van der Waals surface area contributed by atoms with E-state index in [0.29, 0.717) is 34.4 Å². The number of hydrogen-bond donors (Lipinski definition) is 2. The van der Waals surface area contributed by atoms with Crippen LogP contribution in [-0.4, -0.2) is 44.6 Å². The van der Waals surface area contributed by atoms with Crippen LogP contribution in [0.3, 0.4) is 0 Å². The molecule has 0 spiro atoms. The first-order chi connectivity index (χ1) is 12.1. The fraction of sp³-hybridized carbons (Fsp3) is 0.267. The summed E-state index contributed by atoms with van der Waals surface area (Å²) in [6.45, 7) is 1.81. The van der Waals surface area contributed by atoms with Crippen molar-refractivity contribution in [3.8, 4) is 11.5 Å². The minimum atomic E-state index is -0.485. The third-order valence-corrected chi connectivity index (χ3v) is 4.19. The zero-order valence-electron chi connectivity index (χ0n) is 13.8. The number of nitrogens with one attached hydrogen (secondary N) is 2. The van der Waals surface area contributed by atoms with Crippen LogP contribution in [0.1, 0.15) is 22.9 Å². The fourth-order valence-electron chi connectivity index (χ4n) is 3.04. The minimum Gasteiger partial charge on any atom is -0.497 e. The molecule has 3 aromatic rings. The van der Waals surface area contributed by atoms with Crippen molar-refractivity contribution in [1.82, 2.24) is 30.4 Å². The Labute approximate surface area is 141 Å². The molecule has 0 saturated heterocycles. The monoisotopic (exact) mass is 341 g/mol. The number of benzene rings is 1. The molecule has 1 atom stereocenters. The average molecular weight is 341 g/mol. The molecule has 0 unspecified atom stereocenters. The van der Waals surface area contributed by atoms with E-state index in [9.17, 15) is 4.79 Å². The van der Waals surface area contributed by atoms with Crippen molar-refractivity contribution < 1.29 is 9.47 Å². The van der Waals surface area contributed by atoms with Gasteiger partial charge in [-0.25, -0.2) is 5.10 Å². The lowest BCUT2D eigenvalue weighted by molar-refractivity contribution is 0.392. The molecule has 10 heteroatoms. The molecular formula is C15H15N7O3. The standard InChI is InChI=1S/C15H15N7O3/c1-7-11-12(14(23)18-17-7)16-15-19-20-21-22(15)13(11)9-6-8(24-2)4-5-10(9)25-3/h4-6,13H,1-3H3,(H,18,23)(H,16,19,21)/t13-/m1/s1. The van der Waals surface area contributed by atoms with Crippen molar-refractivity contribution in [2.75, 3.05) is 19.5 Å². The van der Waals surface area contributed by atoms with Gasteiger partial charge in [0.1, 0.15) is 23.2 Å². The molecule has 0 aliphatic carbocycles. The van der Waals surface area contributed by atoms with Gasteiger partial charge in [0.2, 0.25) is 5.95 Å². The van der Waals surface area contributed by atoms with E-state index in [0.717, 1.165) is 5.56 Å². The van der Waals surface area contributed by atoms with E-state index in [1.807, 2.05) is 13.0 Å². The van der Waals surface area contributed by atoms with Gasteiger partial charge in [-0.15, -0.1) is 0 Å². The van der Waals surface area contributed by atoms with Crippen molar-refractivity contribution in [2.45, 2.75) is 13.0 Å². The fourth-order valence-corrected chi connectivity index (χ4v) is 3.04. The number of H-pyrrole nitrogens is 1. The van der Waals surface area contributed by atoms with E-state index in [1.165, 1.54) is 0 Å². The van der Waals surface area contributed by atoms with Crippen LogP contribution in [0.5, 0.6) is 11.5 Å². The summed E-state index contributed by atoms with van der Waals surface area (Å²) in [5.41, 5.74) is 2.10. The first-order valence-corrected chi connectivity index (χ1v) is 7.50. The highest BCUT2D eigenvalue weighted by molar-refractivity contribution is 5.65. The zero-order chi connectivity index (χ0) is 17.6. The van der Waals surface area contributed by atoms with Gasteiger partial charge in [-0.1, -0.05) is 5.10 Å². The van der Waals surface area contributed by atoms with Crippen LogP contribution in [0, 0.1) is 6.92 Å². The van der Waals surface area contributed by atoms with Gasteiger partial charge >= 0.3 is 0 Å². The van der Waals surface area contributed by atoms with Crippen molar-refractivity contribution in [3.63, 3.8) is 0 Å². The number of methoxy groups -OCH3 is 2. The third kappa shape index (κ3) is 2.22. The highest BCUT2D eigenvalue weighted by Crippen LogP contribution is 2.42. The summed E-state index contributed by atoms with van der Waals surface area (Å²) in [7, 11) is 3.17. The van der Waals surface area contributed by atoms with Crippen LogP contribution in [0.4, 0.5) is 11.6 Å². The van der Waals surface area contributed by atoms with Crippen molar-refractivity contribution in [1.29, 1.82) is 0 Å². The summed E-state index contributed by atoms with van der Waals surface area (Å²) in [5, 5.41) is 21.3. The summed E-state index contributed by atoms with van der Waals surface area (Å²) in [6, 6.07) is 4.95. The number of hydrogen-bond acceptors (Lipinski definition) is 8. The molecule has 0 fully saturated rings. The second-order valence-electron chi connectivity index (χ2n) is 5.51. The molecule has 128 valence electrons. The average Bonchev–Trinajstić information content (AvgIpc) is 3.11. The van der Waals surface area contributed by atoms with Gasteiger partial charge in [0, 0.05) is 11.1 Å². The lowest BCUT2D eigenvalue weighted by Crippen LogP contribution is -2.29. The van der Waals surface area contributed by atoms with Gasteiger partial charge in [-0.2, -0.15) is 9.78 Å². The molecule has 0 radical (unpaired) electrons. The quantitative estimate of drug-likeness (QED) is 0.561. The zero-order valence-corrected chi connectivity index (χ0v) is 13.8. The molecule has 0 bridgehead atoms. The molecule has 4 rings (SSSR count). The van der Waals surface area contributed by atoms with Crippen LogP contribution in [0.2, 0.25) is 0 Å². The first kappa shape index (κ1) is 15.1. The lowest BCUT2D eigenvalue weighted by atomic mass is 9.94. The molecule has 2 N–H and O–H groups in total. The number of ether oxygens (including phenoxy) is 2. The third-order valence-electron chi connectivity index (χ3n) is 4.19. The van der Waals surface area contributed by atoms with E-state index in [-0.39, 0.29) is 5.56 Å². The Morgan fingerprint density at radius 3 is 2.84 bits per heavy atom. The summed E-state index contributed by atoms with van der Waals surface area (Å²) < 4.78 is 12.4. The Morgan fingerprint density at radius 2 is 2.08 bits per heavy atom. The van der Waals surface area contributed by atoms with Crippen molar-refractivity contribution >= 4 is 11.6 Å². The molecule has 1 aliphatic heterocycles.